The largest absolute Gasteiger partial charge is 0.484 e. The summed E-state index contributed by atoms with van der Waals surface area (Å²) in [7, 11) is 0. The first kappa shape index (κ1) is 16.6. The van der Waals surface area contributed by atoms with Crippen molar-refractivity contribution in [1.82, 2.24) is 15.3 Å². The van der Waals surface area contributed by atoms with Gasteiger partial charge in [-0.25, -0.2) is 9.97 Å². The van der Waals surface area contributed by atoms with E-state index in [0.29, 0.717) is 21.8 Å². The smallest absolute Gasteiger partial charge is 0.258 e. The average Bonchev–Trinajstić information content (AvgIpc) is 2.46. The first-order chi connectivity index (χ1) is 10.5. The number of hydrogen-bond donors (Lipinski definition) is 1. The average molecular weight is 338 g/mol. The van der Waals surface area contributed by atoms with Crippen molar-refractivity contribution in [3.05, 3.63) is 46.7 Å². The number of carbonyl (C=O) groups is 1. The maximum atomic E-state index is 11.7. The molecule has 1 aromatic heterocycles. The van der Waals surface area contributed by atoms with Gasteiger partial charge in [0.15, 0.2) is 11.8 Å². The van der Waals surface area contributed by atoms with Gasteiger partial charge in [-0.05, 0) is 44.2 Å². The van der Waals surface area contributed by atoms with Gasteiger partial charge in [-0.3, -0.25) is 4.79 Å². The van der Waals surface area contributed by atoms with E-state index in [1.165, 1.54) is 11.8 Å². The zero-order valence-electron chi connectivity index (χ0n) is 12.3. The molecule has 22 heavy (non-hydrogen) atoms. The predicted molar refractivity (Wildman–Crippen MR) is 87.3 cm³/mol. The van der Waals surface area contributed by atoms with Crippen LogP contribution in [0.5, 0.6) is 5.75 Å². The van der Waals surface area contributed by atoms with Crippen LogP contribution in [0.1, 0.15) is 11.4 Å². The summed E-state index contributed by atoms with van der Waals surface area (Å²) in [5.74, 6) is 0.794. The lowest BCUT2D eigenvalue weighted by Crippen LogP contribution is -2.28. The van der Waals surface area contributed by atoms with Crippen molar-refractivity contribution < 1.29 is 9.53 Å². The Hall–Kier alpha value is -1.79. The normalized spacial score (nSPS) is 10.3. The number of nitrogens with one attached hydrogen (secondary N) is 1. The van der Waals surface area contributed by atoms with Crippen LogP contribution in [0.3, 0.4) is 0 Å². The fourth-order valence-corrected chi connectivity index (χ4v) is 2.58. The Kier molecular flexibility index (Phi) is 6.03. The summed E-state index contributed by atoms with van der Waals surface area (Å²) in [6, 6.07) is 8.76. The van der Waals surface area contributed by atoms with Crippen molar-refractivity contribution in [3.8, 4) is 5.75 Å². The summed E-state index contributed by atoms with van der Waals surface area (Å²) in [5, 5.41) is 4.02. The Morgan fingerprint density at radius 1 is 1.23 bits per heavy atom. The number of thioether (sulfide) groups is 1. The van der Waals surface area contributed by atoms with Crippen molar-refractivity contribution >= 4 is 29.3 Å². The summed E-state index contributed by atoms with van der Waals surface area (Å²) in [6.07, 6.45) is 0. The molecule has 0 aliphatic heterocycles. The summed E-state index contributed by atoms with van der Waals surface area (Å²) in [6.45, 7) is 3.78. The Balaban J connectivity index is 1.72. The molecule has 7 heteroatoms. The van der Waals surface area contributed by atoms with Crippen LogP contribution in [0.4, 0.5) is 0 Å². The van der Waals surface area contributed by atoms with Gasteiger partial charge in [-0.1, -0.05) is 23.4 Å². The minimum atomic E-state index is -0.202. The van der Waals surface area contributed by atoms with Crippen LogP contribution in [0.2, 0.25) is 5.02 Å². The highest BCUT2D eigenvalue weighted by Crippen LogP contribution is 2.15. The molecule has 5 nitrogen and oxygen atoms in total. The monoisotopic (exact) mass is 337 g/mol. The molecule has 1 heterocycles. The topological polar surface area (TPSA) is 64.1 Å². The molecule has 0 aliphatic rings. The van der Waals surface area contributed by atoms with E-state index < -0.39 is 0 Å². The summed E-state index contributed by atoms with van der Waals surface area (Å²) < 4.78 is 5.35. The van der Waals surface area contributed by atoms with Gasteiger partial charge in [0.25, 0.3) is 5.91 Å². The van der Waals surface area contributed by atoms with Crippen LogP contribution in [-0.4, -0.2) is 28.4 Å². The number of hydrogen-bond acceptors (Lipinski definition) is 5. The minimum absolute atomic E-state index is 0.0457. The van der Waals surface area contributed by atoms with Gasteiger partial charge in [0.1, 0.15) is 5.75 Å². The van der Waals surface area contributed by atoms with Crippen LogP contribution in [0.25, 0.3) is 0 Å². The minimum Gasteiger partial charge on any atom is -0.484 e. The molecule has 2 rings (SSSR count). The van der Waals surface area contributed by atoms with Crippen molar-refractivity contribution in [2.75, 3.05) is 12.5 Å². The number of halogens is 1. The maximum Gasteiger partial charge on any atom is 0.258 e. The molecule has 2 aromatic rings. The van der Waals surface area contributed by atoms with Gasteiger partial charge < -0.3 is 10.1 Å². The number of nitrogens with zero attached hydrogens (tertiary/aromatic N) is 2. The third kappa shape index (κ3) is 5.54. The van der Waals surface area contributed by atoms with Crippen molar-refractivity contribution in [2.45, 2.75) is 19.0 Å². The Labute approximate surface area is 138 Å². The SMILES string of the molecule is Cc1cc(C)nc(SCNC(=O)COc2ccc(Cl)cc2)n1. The number of aromatic nitrogens is 2. The first-order valence-electron chi connectivity index (χ1n) is 6.63. The Bertz CT molecular complexity index is 629. The highest BCUT2D eigenvalue weighted by Gasteiger charge is 2.05. The lowest BCUT2D eigenvalue weighted by atomic mass is 10.3. The molecule has 116 valence electrons. The number of carbonyl (C=O) groups excluding carboxylic acids is 1. The molecular formula is C15H16ClN3O2S. The van der Waals surface area contributed by atoms with Crippen LogP contribution in [-0.2, 0) is 4.79 Å². The van der Waals surface area contributed by atoms with E-state index in [-0.39, 0.29) is 12.5 Å². The molecule has 0 saturated carbocycles. The predicted octanol–water partition coefficient (Wildman–Crippen LogP) is 2.99. The molecule has 0 spiro atoms. The summed E-state index contributed by atoms with van der Waals surface area (Å²) >= 11 is 7.15. The van der Waals surface area contributed by atoms with Gasteiger partial charge >= 0.3 is 0 Å². The van der Waals surface area contributed by atoms with Gasteiger partial charge in [-0.2, -0.15) is 0 Å². The third-order valence-corrected chi connectivity index (χ3v) is 3.60. The molecule has 0 unspecified atom stereocenters. The number of aryl methyl sites for hydroxylation is 2. The lowest BCUT2D eigenvalue weighted by molar-refractivity contribution is -0.122. The molecule has 1 amide bonds. The standard InChI is InChI=1S/C15H16ClN3O2S/c1-10-7-11(2)19-15(18-10)22-9-17-14(20)8-21-13-5-3-12(16)4-6-13/h3-7H,8-9H2,1-2H3,(H,17,20). The van der Waals surface area contributed by atoms with Crippen LogP contribution in [0.15, 0.2) is 35.5 Å². The van der Waals surface area contributed by atoms with E-state index in [0.717, 1.165) is 11.4 Å². The van der Waals surface area contributed by atoms with Crippen molar-refractivity contribution in [2.24, 2.45) is 0 Å². The molecule has 0 atom stereocenters. The van der Waals surface area contributed by atoms with E-state index in [2.05, 4.69) is 15.3 Å². The number of rotatable bonds is 6. The molecular weight excluding hydrogens is 322 g/mol. The van der Waals surface area contributed by atoms with Crippen LogP contribution < -0.4 is 10.1 Å². The second kappa shape index (κ2) is 8.00. The number of benzene rings is 1. The van der Waals surface area contributed by atoms with Crippen molar-refractivity contribution in [3.63, 3.8) is 0 Å². The molecule has 0 radical (unpaired) electrons. The van der Waals surface area contributed by atoms with Crippen molar-refractivity contribution in [1.29, 1.82) is 0 Å². The lowest BCUT2D eigenvalue weighted by Gasteiger charge is -2.07. The second-order valence-electron chi connectivity index (χ2n) is 4.56. The van der Waals surface area contributed by atoms with Gasteiger partial charge in [0, 0.05) is 16.4 Å². The molecule has 0 fully saturated rings. The molecule has 0 bridgehead atoms. The zero-order chi connectivity index (χ0) is 15.9. The quantitative estimate of drug-likeness (QED) is 0.498. The summed E-state index contributed by atoms with van der Waals surface area (Å²) in [4.78, 5) is 20.3. The van der Waals surface area contributed by atoms with E-state index in [4.69, 9.17) is 16.3 Å². The highest BCUT2D eigenvalue weighted by molar-refractivity contribution is 7.99. The Morgan fingerprint density at radius 2 is 1.86 bits per heavy atom. The van der Waals surface area contributed by atoms with E-state index in [9.17, 15) is 4.79 Å². The highest BCUT2D eigenvalue weighted by atomic mass is 35.5. The molecule has 0 aliphatic carbocycles. The first-order valence-corrected chi connectivity index (χ1v) is 7.99. The van der Waals surface area contributed by atoms with E-state index in [1.807, 2.05) is 19.9 Å². The zero-order valence-corrected chi connectivity index (χ0v) is 13.9. The fourth-order valence-electron chi connectivity index (χ4n) is 1.67. The summed E-state index contributed by atoms with van der Waals surface area (Å²) in [5.41, 5.74) is 1.82. The van der Waals surface area contributed by atoms with Crippen LogP contribution in [0, 0.1) is 13.8 Å². The van der Waals surface area contributed by atoms with Gasteiger partial charge in [0.05, 0.1) is 5.88 Å². The fraction of sp³-hybridized carbons (Fsp3) is 0.267. The second-order valence-corrected chi connectivity index (χ2v) is 5.94. The molecule has 1 aromatic carbocycles. The number of amides is 1. The van der Waals surface area contributed by atoms with Crippen LogP contribution >= 0.6 is 23.4 Å². The third-order valence-electron chi connectivity index (χ3n) is 2.62. The number of ether oxygens (including phenoxy) is 1. The van der Waals surface area contributed by atoms with E-state index >= 15 is 0 Å². The van der Waals surface area contributed by atoms with Gasteiger partial charge in [0.2, 0.25) is 0 Å². The van der Waals surface area contributed by atoms with Gasteiger partial charge in [-0.15, -0.1) is 0 Å². The molecule has 0 saturated heterocycles. The maximum absolute atomic E-state index is 11.7. The molecule has 1 N–H and O–H groups in total. The Morgan fingerprint density at radius 3 is 2.50 bits per heavy atom. The van der Waals surface area contributed by atoms with E-state index in [1.54, 1.807) is 24.3 Å².